The number of halogens is 1. The van der Waals surface area contributed by atoms with Gasteiger partial charge in [-0.05, 0) is 37.1 Å². The molecule has 5 rings (SSSR count). The maximum atomic E-state index is 15.2. The second-order valence-corrected chi connectivity index (χ2v) is 8.11. The summed E-state index contributed by atoms with van der Waals surface area (Å²) < 4.78 is 17.0. The van der Waals surface area contributed by atoms with Gasteiger partial charge < -0.3 is 15.5 Å². The maximum Gasteiger partial charge on any atom is 0.236 e. The van der Waals surface area contributed by atoms with Crippen molar-refractivity contribution in [2.24, 2.45) is 0 Å². The van der Waals surface area contributed by atoms with Crippen molar-refractivity contribution < 1.29 is 4.39 Å². The van der Waals surface area contributed by atoms with Gasteiger partial charge in [-0.25, -0.2) is 9.37 Å². The zero-order valence-corrected chi connectivity index (χ0v) is 18.1. The molecule has 162 valence electrons. The Morgan fingerprint density at radius 2 is 2.06 bits per heavy atom. The Hall–Kier alpha value is -3.70. The molecule has 32 heavy (non-hydrogen) atoms. The molecule has 3 heterocycles. The van der Waals surface area contributed by atoms with Crippen LogP contribution in [0.2, 0.25) is 0 Å². The Morgan fingerprint density at radius 1 is 1.25 bits per heavy atom. The SMILES string of the molecule is Cc1c(C#N)cccc1[C@@H](C)Nc1nc2nccn2c2cc(F)c(N3CCNCC3)cc12. The minimum atomic E-state index is -0.253. The number of nitriles is 1. The van der Waals surface area contributed by atoms with E-state index in [1.807, 2.05) is 38.1 Å². The number of benzene rings is 2. The first kappa shape index (κ1) is 20.2. The fourth-order valence-corrected chi connectivity index (χ4v) is 4.45. The number of piperazine rings is 1. The standard InChI is InChI=1S/C24H24FN7/c1-15-17(14-26)4-3-5-18(15)16(2)29-23-19-12-22(31-9-6-27-7-10-31)20(25)13-21(19)32-11-8-28-24(32)30-23/h3-5,8,11-13,16,27H,6-7,9-10H2,1-2H3,(H,28,29,30)/t16-/m1/s1. The highest BCUT2D eigenvalue weighted by molar-refractivity contribution is 5.94. The lowest BCUT2D eigenvalue weighted by Gasteiger charge is -2.30. The molecule has 0 amide bonds. The number of fused-ring (bicyclic) bond motifs is 3. The van der Waals surface area contributed by atoms with Crippen LogP contribution >= 0.6 is 0 Å². The number of imidazole rings is 1. The average molecular weight is 430 g/mol. The number of anilines is 2. The number of hydrogen-bond donors (Lipinski definition) is 2. The summed E-state index contributed by atoms with van der Waals surface area (Å²) in [6, 6.07) is 11.3. The number of nitrogens with one attached hydrogen (secondary N) is 2. The predicted octanol–water partition coefficient (Wildman–Crippen LogP) is 3.78. The lowest BCUT2D eigenvalue weighted by molar-refractivity contribution is 0.567. The molecule has 4 aromatic rings. The van der Waals surface area contributed by atoms with Crippen LogP contribution in [0.15, 0.2) is 42.7 Å². The molecule has 0 bridgehead atoms. The monoisotopic (exact) mass is 429 g/mol. The predicted molar refractivity (Wildman–Crippen MR) is 123 cm³/mol. The van der Waals surface area contributed by atoms with Gasteiger partial charge in [0, 0.05) is 50.0 Å². The van der Waals surface area contributed by atoms with Gasteiger partial charge in [-0.15, -0.1) is 0 Å². The summed E-state index contributed by atoms with van der Waals surface area (Å²) in [5.74, 6) is 0.894. The Kier molecular flexibility index (Phi) is 5.11. The molecule has 1 aliphatic heterocycles. The van der Waals surface area contributed by atoms with E-state index in [0.717, 1.165) is 42.7 Å². The molecule has 1 fully saturated rings. The second-order valence-electron chi connectivity index (χ2n) is 8.11. The lowest BCUT2D eigenvalue weighted by Crippen LogP contribution is -2.43. The van der Waals surface area contributed by atoms with E-state index in [-0.39, 0.29) is 11.9 Å². The molecule has 8 heteroatoms. The van der Waals surface area contributed by atoms with E-state index < -0.39 is 0 Å². The van der Waals surface area contributed by atoms with Gasteiger partial charge in [0.25, 0.3) is 0 Å². The molecule has 2 aromatic carbocycles. The zero-order chi connectivity index (χ0) is 22.2. The van der Waals surface area contributed by atoms with Crippen LogP contribution in [0.5, 0.6) is 0 Å². The van der Waals surface area contributed by atoms with Crippen LogP contribution in [0.4, 0.5) is 15.9 Å². The summed E-state index contributed by atoms with van der Waals surface area (Å²) in [7, 11) is 0. The summed E-state index contributed by atoms with van der Waals surface area (Å²) in [5.41, 5.74) is 3.90. The third-order valence-electron chi connectivity index (χ3n) is 6.19. The van der Waals surface area contributed by atoms with Gasteiger partial charge in [0.2, 0.25) is 5.78 Å². The van der Waals surface area contributed by atoms with E-state index >= 15 is 4.39 Å². The Labute approximate surface area is 185 Å². The average Bonchev–Trinajstić information content (AvgIpc) is 3.28. The Morgan fingerprint density at radius 3 is 2.84 bits per heavy atom. The van der Waals surface area contributed by atoms with Crippen molar-refractivity contribution in [2.75, 3.05) is 36.4 Å². The van der Waals surface area contributed by atoms with E-state index in [1.54, 1.807) is 22.9 Å². The van der Waals surface area contributed by atoms with Crippen LogP contribution in [-0.2, 0) is 0 Å². The minimum absolute atomic E-state index is 0.107. The summed E-state index contributed by atoms with van der Waals surface area (Å²) in [6.07, 6.45) is 3.46. The summed E-state index contributed by atoms with van der Waals surface area (Å²) in [6.45, 7) is 7.14. The molecule has 7 nitrogen and oxygen atoms in total. The largest absolute Gasteiger partial charge is 0.367 e. The van der Waals surface area contributed by atoms with Crippen molar-refractivity contribution in [2.45, 2.75) is 19.9 Å². The smallest absolute Gasteiger partial charge is 0.236 e. The van der Waals surface area contributed by atoms with Gasteiger partial charge in [-0.2, -0.15) is 10.2 Å². The highest BCUT2D eigenvalue weighted by Crippen LogP contribution is 2.33. The first-order chi connectivity index (χ1) is 15.6. The van der Waals surface area contributed by atoms with Crippen LogP contribution in [0.1, 0.15) is 29.7 Å². The third kappa shape index (κ3) is 3.41. The van der Waals surface area contributed by atoms with Crippen molar-refractivity contribution in [3.8, 4) is 6.07 Å². The minimum Gasteiger partial charge on any atom is -0.367 e. The first-order valence-electron chi connectivity index (χ1n) is 10.7. The lowest BCUT2D eigenvalue weighted by atomic mass is 9.98. The molecule has 0 saturated carbocycles. The van der Waals surface area contributed by atoms with E-state index in [9.17, 15) is 5.26 Å². The van der Waals surface area contributed by atoms with Crippen LogP contribution in [0, 0.1) is 24.1 Å². The van der Waals surface area contributed by atoms with Crippen LogP contribution in [0.3, 0.4) is 0 Å². The van der Waals surface area contributed by atoms with Gasteiger partial charge in [0.1, 0.15) is 11.6 Å². The van der Waals surface area contributed by atoms with Crippen LogP contribution in [0.25, 0.3) is 16.7 Å². The Bertz CT molecular complexity index is 1350. The molecule has 0 spiro atoms. The van der Waals surface area contributed by atoms with Crippen molar-refractivity contribution in [1.82, 2.24) is 19.7 Å². The van der Waals surface area contributed by atoms with Gasteiger partial charge in [0.15, 0.2) is 0 Å². The second kappa shape index (κ2) is 8.09. The number of rotatable bonds is 4. The normalized spacial score (nSPS) is 15.1. The fraction of sp³-hybridized carbons (Fsp3) is 0.292. The molecule has 0 radical (unpaired) electrons. The summed E-state index contributed by atoms with van der Waals surface area (Å²) >= 11 is 0. The first-order valence-corrected chi connectivity index (χ1v) is 10.7. The Balaban J connectivity index is 1.63. The topological polar surface area (TPSA) is 81.3 Å². The molecule has 1 aliphatic rings. The van der Waals surface area contributed by atoms with Crippen LogP contribution < -0.4 is 15.5 Å². The quantitative estimate of drug-likeness (QED) is 0.514. The maximum absolute atomic E-state index is 15.2. The molecule has 2 N–H and O–H groups in total. The highest BCUT2D eigenvalue weighted by Gasteiger charge is 2.20. The van der Waals surface area contributed by atoms with Crippen molar-refractivity contribution in [3.63, 3.8) is 0 Å². The highest BCUT2D eigenvalue weighted by atomic mass is 19.1. The van der Waals surface area contributed by atoms with Crippen molar-refractivity contribution >= 4 is 28.2 Å². The molecular weight excluding hydrogens is 405 g/mol. The number of aromatic nitrogens is 3. The molecule has 0 aliphatic carbocycles. The van der Waals surface area contributed by atoms with Crippen molar-refractivity contribution in [1.29, 1.82) is 5.26 Å². The van der Waals surface area contributed by atoms with Gasteiger partial charge in [0.05, 0.1) is 28.9 Å². The molecular formula is C24H24FN7. The van der Waals surface area contributed by atoms with Gasteiger partial charge >= 0.3 is 0 Å². The van der Waals surface area contributed by atoms with E-state index in [1.165, 1.54) is 0 Å². The van der Waals surface area contributed by atoms with Gasteiger partial charge in [-0.1, -0.05) is 12.1 Å². The number of hydrogen-bond acceptors (Lipinski definition) is 6. The van der Waals surface area contributed by atoms with Crippen LogP contribution in [-0.4, -0.2) is 40.5 Å². The third-order valence-corrected chi connectivity index (χ3v) is 6.19. The van der Waals surface area contributed by atoms with Crippen molar-refractivity contribution in [3.05, 3.63) is 65.2 Å². The molecule has 1 atom stereocenters. The molecule has 2 aromatic heterocycles. The summed E-state index contributed by atoms with van der Waals surface area (Å²) in [4.78, 5) is 11.1. The van der Waals surface area contributed by atoms with E-state index in [4.69, 9.17) is 4.98 Å². The zero-order valence-electron chi connectivity index (χ0n) is 18.1. The molecule has 0 unspecified atom stereocenters. The number of nitrogens with zero attached hydrogens (tertiary/aromatic N) is 5. The van der Waals surface area contributed by atoms with E-state index in [2.05, 4.69) is 26.6 Å². The molecule has 1 saturated heterocycles. The van der Waals surface area contributed by atoms with Gasteiger partial charge in [-0.3, -0.25) is 4.40 Å². The summed E-state index contributed by atoms with van der Waals surface area (Å²) in [5, 5.41) is 17.0. The van der Waals surface area contributed by atoms with E-state index in [0.29, 0.717) is 28.4 Å². The fourth-order valence-electron chi connectivity index (χ4n) is 4.45.